The third-order valence-corrected chi connectivity index (χ3v) is 8.86. The Morgan fingerprint density at radius 3 is 2.35 bits per heavy atom. The van der Waals surface area contributed by atoms with Crippen LogP contribution in [0.25, 0.3) is 0 Å². The number of alkyl halides is 3. The smallest absolute Gasteiger partial charge is 0.392 e. The lowest BCUT2D eigenvalue weighted by Crippen LogP contribution is -2.54. The molecule has 1 unspecified atom stereocenters. The average molecular weight is 597 g/mol. The van der Waals surface area contributed by atoms with E-state index in [-0.39, 0.29) is 30.9 Å². The van der Waals surface area contributed by atoms with E-state index in [9.17, 15) is 32.3 Å². The zero-order valence-corrected chi connectivity index (χ0v) is 24.2. The number of halogens is 4. The Balaban J connectivity index is 1.58. The Morgan fingerprint density at radius 1 is 0.977 bits per heavy atom. The van der Waals surface area contributed by atoms with Crippen molar-refractivity contribution in [1.82, 2.24) is 9.80 Å². The number of hydrogen-bond acceptors (Lipinski definition) is 4. The van der Waals surface area contributed by atoms with Crippen LogP contribution < -0.4 is 0 Å². The number of ketones is 1. The normalized spacial score (nSPS) is 21.1. The Hall–Kier alpha value is -3.56. The SMILES string of the molecule is C[C@]1(C(=O)CCCN2CCCCC2)c2ccccc2C(=O)N(Cc2cc(F)cc(C(F)(F)F)c2)C1c1ccc(CO)cc1. The lowest BCUT2D eigenvalue weighted by atomic mass is 9.64. The van der Waals surface area contributed by atoms with Gasteiger partial charge in [-0.1, -0.05) is 48.9 Å². The molecule has 1 saturated heterocycles. The average Bonchev–Trinajstić information content (AvgIpc) is 3.00. The molecule has 0 bridgehead atoms. The summed E-state index contributed by atoms with van der Waals surface area (Å²) in [5.74, 6) is -1.60. The number of fused-ring (bicyclic) bond motifs is 1. The largest absolute Gasteiger partial charge is 0.416 e. The van der Waals surface area contributed by atoms with Crippen LogP contribution in [0, 0.1) is 5.82 Å². The highest BCUT2D eigenvalue weighted by Crippen LogP contribution is 2.49. The lowest BCUT2D eigenvalue weighted by Gasteiger charge is -2.48. The number of Topliss-reactive ketones (excluding diaryl/α,β-unsaturated/α-hetero) is 1. The van der Waals surface area contributed by atoms with Gasteiger partial charge in [-0.2, -0.15) is 13.2 Å². The van der Waals surface area contributed by atoms with Crippen molar-refractivity contribution in [3.05, 3.63) is 106 Å². The standard InChI is InChI=1S/C34H36F4N2O3/c1-33(30(42)10-7-17-39-15-5-2-6-16-39)29-9-4-3-8-28(29)32(43)40(31(33)25-13-11-23(22-41)12-14-25)21-24-18-26(34(36,37)38)20-27(35)19-24/h3-4,8-9,11-14,18-20,31,41H,2,5-7,10,15-17,21-22H2,1H3/t31?,33-/m1/s1. The molecule has 228 valence electrons. The van der Waals surface area contributed by atoms with Crippen molar-refractivity contribution < 1.29 is 32.3 Å². The summed E-state index contributed by atoms with van der Waals surface area (Å²) in [4.78, 5) is 32.2. The zero-order chi connectivity index (χ0) is 30.8. The summed E-state index contributed by atoms with van der Waals surface area (Å²) in [6.45, 7) is 4.05. The molecule has 2 aliphatic heterocycles. The number of rotatable bonds is 9. The molecule has 43 heavy (non-hydrogen) atoms. The first-order valence-corrected chi connectivity index (χ1v) is 14.7. The summed E-state index contributed by atoms with van der Waals surface area (Å²) in [6.07, 6.45) is -0.392. The van der Waals surface area contributed by atoms with Crippen molar-refractivity contribution in [3.8, 4) is 0 Å². The number of nitrogens with zero attached hydrogens (tertiary/aromatic N) is 2. The van der Waals surface area contributed by atoms with E-state index in [1.54, 1.807) is 55.5 Å². The van der Waals surface area contributed by atoms with Gasteiger partial charge < -0.3 is 14.9 Å². The predicted octanol–water partition coefficient (Wildman–Crippen LogP) is 6.83. The molecule has 0 saturated carbocycles. The fourth-order valence-corrected chi connectivity index (χ4v) is 6.65. The van der Waals surface area contributed by atoms with Crippen LogP contribution in [0.1, 0.15) is 83.2 Å². The minimum Gasteiger partial charge on any atom is -0.392 e. The van der Waals surface area contributed by atoms with Gasteiger partial charge in [-0.15, -0.1) is 0 Å². The molecular weight excluding hydrogens is 560 g/mol. The van der Waals surface area contributed by atoms with Gasteiger partial charge in [-0.3, -0.25) is 9.59 Å². The molecule has 1 fully saturated rings. The number of aliphatic hydroxyl groups excluding tert-OH is 1. The van der Waals surface area contributed by atoms with E-state index in [1.807, 2.05) is 0 Å². The quantitative estimate of drug-likeness (QED) is 0.275. The van der Waals surface area contributed by atoms with Gasteiger partial charge in [0, 0.05) is 18.5 Å². The summed E-state index contributed by atoms with van der Waals surface area (Å²) in [5, 5.41) is 9.62. The zero-order valence-electron chi connectivity index (χ0n) is 24.2. The second-order valence-corrected chi connectivity index (χ2v) is 11.8. The highest BCUT2D eigenvalue weighted by molar-refractivity contribution is 6.03. The van der Waals surface area contributed by atoms with Gasteiger partial charge in [0.2, 0.25) is 0 Å². The minimum absolute atomic E-state index is 0.0306. The molecule has 0 aromatic heterocycles. The monoisotopic (exact) mass is 596 g/mol. The van der Waals surface area contributed by atoms with E-state index in [1.165, 1.54) is 11.3 Å². The van der Waals surface area contributed by atoms with E-state index in [0.29, 0.717) is 34.7 Å². The molecule has 0 radical (unpaired) electrons. The molecule has 2 aliphatic rings. The van der Waals surface area contributed by atoms with Crippen LogP contribution in [-0.4, -0.2) is 46.2 Å². The molecule has 1 amide bonds. The van der Waals surface area contributed by atoms with Crippen molar-refractivity contribution in [2.24, 2.45) is 0 Å². The van der Waals surface area contributed by atoms with E-state index in [2.05, 4.69) is 4.90 Å². The molecule has 5 rings (SSSR count). The Morgan fingerprint density at radius 2 is 1.67 bits per heavy atom. The summed E-state index contributed by atoms with van der Waals surface area (Å²) >= 11 is 0. The molecule has 3 aromatic rings. The lowest BCUT2D eigenvalue weighted by molar-refractivity contribution is -0.137. The van der Waals surface area contributed by atoms with Gasteiger partial charge in [0.1, 0.15) is 11.6 Å². The summed E-state index contributed by atoms with van der Waals surface area (Å²) in [7, 11) is 0. The maximum Gasteiger partial charge on any atom is 0.416 e. The van der Waals surface area contributed by atoms with Crippen molar-refractivity contribution in [2.75, 3.05) is 19.6 Å². The first-order chi connectivity index (χ1) is 20.5. The van der Waals surface area contributed by atoms with Crippen molar-refractivity contribution in [3.63, 3.8) is 0 Å². The van der Waals surface area contributed by atoms with E-state index < -0.39 is 34.9 Å². The number of amides is 1. The molecule has 5 nitrogen and oxygen atoms in total. The number of carbonyl (C=O) groups excluding carboxylic acids is 2. The predicted molar refractivity (Wildman–Crippen MR) is 155 cm³/mol. The summed E-state index contributed by atoms with van der Waals surface area (Å²) in [6, 6.07) is 15.1. The van der Waals surface area contributed by atoms with Crippen LogP contribution >= 0.6 is 0 Å². The molecule has 2 atom stereocenters. The highest BCUT2D eigenvalue weighted by atomic mass is 19.4. The Bertz CT molecular complexity index is 1470. The molecule has 9 heteroatoms. The number of aliphatic hydroxyl groups is 1. The molecule has 3 aromatic carbocycles. The van der Waals surface area contributed by atoms with Crippen LogP contribution in [-0.2, 0) is 29.5 Å². The molecule has 0 spiro atoms. The number of hydrogen-bond donors (Lipinski definition) is 1. The maximum absolute atomic E-state index is 14.4. The van der Waals surface area contributed by atoms with E-state index in [0.717, 1.165) is 44.6 Å². The van der Waals surface area contributed by atoms with Crippen LogP contribution in [0.2, 0.25) is 0 Å². The van der Waals surface area contributed by atoms with Gasteiger partial charge in [0.25, 0.3) is 5.91 Å². The van der Waals surface area contributed by atoms with E-state index in [4.69, 9.17) is 0 Å². The Labute approximate surface area is 249 Å². The van der Waals surface area contributed by atoms with E-state index >= 15 is 0 Å². The first kappa shape index (κ1) is 30.9. The highest BCUT2D eigenvalue weighted by Gasteiger charge is 2.52. The topological polar surface area (TPSA) is 60.9 Å². The van der Waals surface area contributed by atoms with Crippen molar-refractivity contribution in [2.45, 2.75) is 69.8 Å². The number of piperidine rings is 1. The van der Waals surface area contributed by atoms with Gasteiger partial charge in [-0.05, 0) is 92.3 Å². The molecule has 0 aliphatic carbocycles. The third-order valence-electron chi connectivity index (χ3n) is 8.86. The van der Waals surface area contributed by atoms with Crippen LogP contribution in [0.3, 0.4) is 0 Å². The molecule has 2 heterocycles. The van der Waals surface area contributed by atoms with Crippen molar-refractivity contribution in [1.29, 1.82) is 0 Å². The van der Waals surface area contributed by atoms with Crippen LogP contribution in [0.5, 0.6) is 0 Å². The summed E-state index contributed by atoms with van der Waals surface area (Å²) < 4.78 is 55.2. The van der Waals surface area contributed by atoms with Gasteiger partial charge >= 0.3 is 6.18 Å². The van der Waals surface area contributed by atoms with Gasteiger partial charge in [0.05, 0.1) is 23.6 Å². The van der Waals surface area contributed by atoms with Crippen LogP contribution in [0.15, 0.2) is 66.7 Å². The molecule has 1 N–H and O–H groups in total. The second kappa shape index (κ2) is 12.6. The number of likely N-dealkylation sites (tertiary alicyclic amines) is 1. The maximum atomic E-state index is 14.4. The van der Waals surface area contributed by atoms with Crippen molar-refractivity contribution >= 4 is 11.7 Å². The third kappa shape index (κ3) is 6.38. The summed E-state index contributed by atoms with van der Waals surface area (Å²) in [5.41, 5.74) is -0.333. The van der Waals surface area contributed by atoms with Gasteiger partial charge in [0.15, 0.2) is 0 Å². The Kier molecular flexibility index (Phi) is 9.04. The molecular formula is C34H36F4N2O3. The fraction of sp³-hybridized carbons (Fsp3) is 0.412. The first-order valence-electron chi connectivity index (χ1n) is 14.7. The van der Waals surface area contributed by atoms with Crippen LogP contribution in [0.4, 0.5) is 17.6 Å². The minimum atomic E-state index is -4.77. The van der Waals surface area contributed by atoms with Gasteiger partial charge in [-0.25, -0.2) is 4.39 Å². The fourth-order valence-electron chi connectivity index (χ4n) is 6.65. The number of benzene rings is 3. The number of carbonyl (C=O) groups is 2. The second-order valence-electron chi connectivity index (χ2n) is 11.8.